The molecule has 0 spiro atoms. The number of nitrogens with zero attached hydrogens (tertiary/aromatic N) is 2. The molecule has 0 aromatic carbocycles. The second-order valence-electron chi connectivity index (χ2n) is 3.43. The van der Waals surface area contributed by atoms with E-state index < -0.39 is 5.95 Å². The lowest BCUT2D eigenvalue weighted by molar-refractivity contribution is 0.584. The first kappa shape index (κ1) is 10.6. The number of nitrogens with one attached hydrogen (secondary N) is 2. The smallest absolute Gasteiger partial charge is 0.214 e. The Kier molecular flexibility index (Phi) is 3.48. The molecule has 4 nitrogen and oxygen atoms in total. The maximum Gasteiger partial charge on any atom is 0.214 e. The number of hydrogen-bond donors (Lipinski definition) is 2. The number of pyridine rings is 1. The maximum absolute atomic E-state index is 12.7. The largest absolute Gasteiger partial charge is 0.385 e. The lowest BCUT2D eigenvalue weighted by atomic mass is 10.3. The average Bonchev–Trinajstić information content (AvgIpc) is 2.77. The van der Waals surface area contributed by atoms with Crippen molar-refractivity contribution in [3.63, 3.8) is 0 Å². The number of anilines is 1. The number of aromatic nitrogens is 3. The van der Waals surface area contributed by atoms with E-state index in [-0.39, 0.29) is 0 Å². The number of hydrogen-bond acceptors (Lipinski definition) is 3. The van der Waals surface area contributed by atoms with Gasteiger partial charge < -0.3 is 10.3 Å². The average molecular weight is 220 g/mol. The minimum atomic E-state index is -0.462. The van der Waals surface area contributed by atoms with E-state index in [9.17, 15) is 4.39 Å². The van der Waals surface area contributed by atoms with E-state index in [2.05, 4.69) is 20.3 Å². The number of H-pyrrole nitrogens is 1. The van der Waals surface area contributed by atoms with Crippen LogP contribution in [0, 0.1) is 5.95 Å². The molecular formula is C11H13FN4. The summed E-state index contributed by atoms with van der Waals surface area (Å²) in [5, 5.41) is 3.13. The molecule has 5 heteroatoms. The summed E-state index contributed by atoms with van der Waals surface area (Å²) >= 11 is 0. The molecule has 0 amide bonds. The van der Waals surface area contributed by atoms with Crippen LogP contribution in [0.4, 0.5) is 10.1 Å². The molecule has 0 unspecified atom stereocenters. The highest BCUT2D eigenvalue weighted by atomic mass is 19.1. The van der Waals surface area contributed by atoms with Crippen LogP contribution < -0.4 is 5.32 Å². The van der Waals surface area contributed by atoms with Crippen LogP contribution in [-0.2, 0) is 6.42 Å². The van der Waals surface area contributed by atoms with Gasteiger partial charge in [0.2, 0.25) is 5.95 Å². The molecule has 0 aliphatic rings. The summed E-state index contributed by atoms with van der Waals surface area (Å²) in [6, 6.07) is 3.13. The van der Waals surface area contributed by atoms with Crippen molar-refractivity contribution in [1.29, 1.82) is 0 Å². The molecule has 0 saturated carbocycles. The minimum absolute atomic E-state index is 0.462. The van der Waals surface area contributed by atoms with Crippen molar-refractivity contribution < 1.29 is 4.39 Å². The van der Waals surface area contributed by atoms with Crippen LogP contribution >= 0.6 is 0 Å². The molecule has 0 radical (unpaired) electrons. The summed E-state index contributed by atoms with van der Waals surface area (Å²) in [6.45, 7) is 0.782. The quantitative estimate of drug-likeness (QED) is 0.598. The first-order valence-corrected chi connectivity index (χ1v) is 5.18. The van der Waals surface area contributed by atoms with Gasteiger partial charge in [-0.2, -0.15) is 4.39 Å². The molecule has 0 aliphatic carbocycles. The van der Waals surface area contributed by atoms with Gasteiger partial charge in [0.25, 0.3) is 0 Å². The van der Waals surface area contributed by atoms with Gasteiger partial charge in [-0.3, -0.25) is 0 Å². The molecule has 2 heterocycles. The van der Waals surface area contributed by atoms with Crippen LogP contribution in [0.3, 0.4) is 0 Å². The molecule has 2 aromatic rings. The van der Waals surface area contributed by atoms with Gasteiger partial charge >= 0.3 is 0 Å². The van der Waals surface area contributed by atoms with Crippen molar-refractivity contribution in [3.8, 4) is 0 Å². The van der Waals surface area contributed by atoms with Crippen molar-refractivity contribution in [2.24, 2.45) is 0 Å². The van der Waals surface area contributed by atoms with Crippen LogP contribution in [-0.4, -0.2) is 21.5 Å². The standard InChI is InChI=1S/C11H13FN4/c12-10-8-9(3-5-14-10)13-4-1-2-11-15-6-7-16-11/h3,5-8H,1-2,4H2,(H,13,14)(H,15,16). The van der Waals surface area contributed by atoms with Gasteiger partial charge in [0.05, 0.1) is 0 Å². The summed E-state index contributed by atoms with van der Waals surface area (Å²) in [6.07, 6.45) is 6.82. The Morgan fingerprint density at radius 3 is 3.00 bits per heavy atom. The van der Waals surface area contributed by atoms with E-state index in [4.69, 9.17) is 0 Å². The third kappa shape index (κ3) is 3.05. The van der Waals surface area contributed by atoms with E-state index in [0.717, 1.165) is 30.9 Å². The van der Waals surface area contributed by atoms with E-state index >= 15 is 0 Å². The number of rotatable bonds is 5. The third-order valence-electron chi connectivity index (χ3n) is 2.20. The predicted octanol–water partition coefficient (Wildman–Crippen LogP) is 1.99. The third-order valence-corrected chi connectivity index (χ3v) is 2.20. The van der Waals surface area contributed by atoms with Crippen molar-refractivity contribution in [2.75, 3.05) is 11.9 Å². The van der Waals surface area contributed by atoms with Gasteiger partial charge in [0.15, 0.2) is 0 Å². The van der Waals surface area contributed by atoms with Crippen LogP contribution in [0.5, 0.6) is 0 Å². The molecule has 0 fully saturated rings. The first-order valence-electron chi connectivity index (χ1n) is 5.18. The Bertz CT molecular complexity index is 427. The Morgan fingerprint density at radius 2 is 2.25 bits per heavy atom. The number of halogens is 1. The molecule has 2 rings (SSSR count). The van der Waals surface area contributed by atoms with Gasteiger partial charge in [-0.1, -0.05) is 0 Å². The Hall–Kier alpha value is -1.91. The van der Waals surface area contributed by atoms with Crippen molar-refractivity contribution >= 4 is 5.69 Å². The lowest BCUT2D eigenvalue weighted by Gasteiger charge is -2.04. The molecular weight excluding hydrogens is 207 g/mol. The molecule has 0 bridgehead atoms. The summed E-state index contributed by atoms with van der Waals surface area (Å²) < 4.78 is 12.7. The summed E-state index contributed by atoms with van der Waals surface area (Å²) in [5.41, 5.74) is 0.756. The van der Waals surface area contributed by atoms with Crippen LogP contribution in [0.1, 0.15) is 12.2 Å². The molecule has 0 aliphatic heterocycles. The monoisotopic (exact) mass is 220 g/mol. The highest BCUT2D eigenvalue weighted by Gasteiger charge is 1.96. The highest BCUT2D eigenvalue weighted by molar-refractivity contribution is 5.40. The SMILES string of the molecule is Fc1cc(NCCCc2ncc[nH]2)ccn1. The Morgan fingerprint density at radius 1 is 1.31 bits per heavy atom. The Labute approximate surface area is 92.9 Å². The zero-order valence-corrected chi connectivity index (χ0v) is 8.78. The fraction of sp³-hybridized carbons (Fsp3) is 0.273. The molecule has 84 valence electrons. The van der Waals surface area contributed by atoms with E-state index in [0.29, 0.717) is 0 Å². The zero-order chi connectivity index (χ0) is 11.2. The van der Waals surface area contributed by atoms with Gasteiger partial charge in [0.1, 0.15) is 5.82 Å². The molecule has 0 atom stereocenters. The second-order valence-corrected chi connectivity index (χ2v) is 3.43. The summed E-state index contributed by atoms with van der Waals surface area (Å²) in [7, 11) is 0. The topological polar surface area (TPSA) is 53.6 Å². The Balaban J connectivity index is 1.72. The van der Waals surface area contributed by atoms with Crippen molar-refractivity contribution in [2.45, 2.75) is 12.8 Å². The van der Waals surface area contributed by atoms with Gasteiger partial charge in [-0.05, 0) is 12.5 Å². The van der Waals surface area contributed by atoms with E-state index in [1.54, 1.807) is 18.5 Å². The fourth-order valence-corrected chi connectivity index (χ4v) is 1.44. The number of aromatic amines is 1. The molecule has 0 saturated heterocycles. The predicted molar refractivity (Wildman–Crippen MR) is 59.6 cm³/mol. The van der Waals surface area contributed by atoms with Crippen molar-refractivity contribution in [1.82, 2.24) is 15.0 Å². The first-order chi connectivity index (χ1) is 7.84. The lowest BCUT2D eigenvalue weighted by Crippen LogP contribution is -2.04. The normalized spacial score (nSPS) is 10.3. The molecule has 16 heavy (non-hydrogen) atoms. The molecule has 2 N–H and O–H groups in total. The van der Waals surface area contributed by atoms with Crippen molar-refractivity contribution in [3.05, 3.63) is 42.5 Å². The van der Waals surface area contributed by atoms with Gasteiger partial charge in [-0.25, -0.2) is 9.97 Å². The summed E-state index contributed by atoms with van der Waals surface area (Å²) in [4.78, 5) is 10.6. The van der Waals surface area contributed by atoms with Gasteiger partial charge in [0, 0.05) is 43.3 Å². The summed E-state index contributed by atoms with van der Waals surface area (Å²) in [5.74, 6) is 0.513. The van der Waals surface area contributed by atoms with Crippen LogP contribution in [0.25, 0.3) is 0 Å². The zero-order valence-electron chi connectivity index (χ0n) is 8.78. The minimum Gasteiger partial charge on any atom is -0.385 e. The second kappa shape index (κ2) is 5.25. The van der Waals surface area contributed by atoms with Gasteiger partial charge in [-0.15, -0.1) is 0 Å². The molecule has 2 aromatic heterocycles. The fourth-order valence-electron chi connectivity index (χ4n) is 1.44. The number of aryl methyl sites for hydroxylation is 1. The number of imidazole rings is 1. The van der Waals surface area contributed by atoms with E-state index in [1.165, 1.54) is 12.3 Å². The van der Waals surface area contributed by atoms with Crippen LogP contribution in [0.15, 0.2) is 30.7 Å². The highest BCUT2D eigenvalue weighted by Crippen LogP contribution is 2.06. The van der Waals surface area contributed by atoms with Crippen LogP contribution in [0.2, 0.25) is 0 Å². The maximum atomic E-state index is 12.7. The van der Waals surface area contributed by atoms with E-state index in [1.807, 2.05) is 0 Å².